The second kappa shape index (κ2) is 7.03. The summed E-state index contributed by atoms with van der Waals surface area (Å²) in [6, 6.07) is 7.73. The van der Waals surface area contributed by atoms with E-state index in [9.17, 15) is 4.79 Å². The molecule has 0 aromatic heterocycles. The fourth-order valence-corrected chi connectivity index (χ4v) is 2.04. The van der Waals surface area contributed by atoms with E-state index in [1.54, 1.807) is 4.90 Å². The minimum absolute atomic E-state index is 0.141. The van der Waals surface area contributed by atoms with Gasteiger partial charge in [0.05, 0.1) is 0 Å². The number of nitrogens with two attached hydrogens (primary N) is 1. The van der Waals surface area contributed by atoms with E-state index in [4.69, 9.17) is 18.0 Å². The molecule has 1 amide bonds. The zero-order chi connectivity index (χ0) is 16.2. The van der Waals surface area contributed by atoms with Crippen molar-refractivity contribution < 1.29 is 4.79 Å². The van der Waals surface area contributed by atoms with E-state index in [1.165, 1.54) is 0 Å². The maximum absolute atomic E-state index is 12.3. The van der Waals surface area contributed by atoms with Crippen molar-refractivity contribution in [3.05, 3.63) is 35.4 Å². The molecule has 1 aromatic rings. The minimum Gasteiger partial charge on any atom is -0.389 e. The molecule has 1 atom stereocenters. The topological polar surface area (TPSA) is 46.3 Å². The normalized spacial score (nSPS) is 12.8. The number of carbonyl (C=O) groups is 1. The van der Waals surface area contributed by atoms with Crippen molar-refractivity contribution >= 4 is 23.1 Å². The lowest BCUT2D eigenvalue weighted by Crippen LogP contribution is -2.30. The zero-order valence-electron chi connectivity index (χ0n) is 13.6. The van der Waals surface area contributed by atoms with Crippen LogP contribution in [-0.2, 0) is 11.3 Å². The van der Waals surface area contributed by atoms with Gasteiger partial charge in [-0.2, -0.15) is 0 Å². The summed E-state index contributed by atoms with van der Waals surface area (Å²) in [5.41, 5.74) is 7.66. The molecule has 1 rings (SSSR count). The van der Waals surface area contributed by atoms with Crippen molar-refractivity contribution in [1.82, 2.24) is 4.90 Å². The molecule has 0 radical (unpaired) electrons. The summed E-state index contributed by atoms with van der Waals surface area (Å²) < 4.78 is 0. The molecule has 0 aliphatic rings. The number of benzene rings is 1. The Labute approximate surface area is 133 Å². The highest BCUT2D eigenvalue weighted by atomic mass is 32.1. The summed E-state index contributed by atoms with van der Waals surface area (Å²) in [6.07, 6.45) is 0.564. The average molecular weight is 306 g/mol. The molecule has 0 saturated carbocycles. The molecular weight excluding hydrogens is 280 g/mol. The number of amides is 1. The highest BCUT2D eigenvalue weighted by Gasteiger charge is 2.24. The second-order valence-corrected chi connectivity index (χ2v) is 7.23. The third-order valence-corrected chi connectivity index (χ3v) is 4.25. The van der Waals surface area contributed by atoms with Gasteiger partial charge < -0.3 is 10.6 Å². The van der Waals surface area contributed by atoms with Crippen LogP contribution in [-0.4, -0.2) is 22.8 Å². The lowest BCUT2D eigenvalue weighted by atomic mass is 9.80. The van der Waals surface area contributed by atoms with Gasteiger partial charge in [0.15, 0.2) is 0 Å². The molecule has 1 unspecified atom stereocenters. The van der Waals surface area contributed by atoms with E-state index in [0.717, 1.165) is 11.1 Å². The van der Waals surface area contributed by atoms with E-state index in [2.05, 4.69) is 27.7 Å². The number of carbonyl (C=O) groups excluding carboxylic acids is 1. The summed E-state index contributed by atoms with van der Waals surface area (Å²) in [5.74, 6) is 0.508. The summed E-state index contributed by atoms with van der Waals surface area (Å²) in [5, 5.41) is 0. The summed E-state index contributed by atoms with van der Waals surface area (Å²) in [4.78, 5) is 14.4. The molecule has 0 heterocycles. The first kappa shape index (κ1) is 17.6. The first-order chi connectivity index (χ1) is 9.61. The SMILES string of the molecule is CC(CC(=O)N(C)Cc1cccc(C(N)=S)c1)C(C)(C)C. The van der Waals surface area contributed by atoms with E-state index in [0.29, 0.717) is 23.9 Å². The molecule has 0 fully saturated rings. The third-order valence-electron chi connectivity index (χ3n) is 4.02. The Bertz CT molecular complexity index is 520. The largest absolute Gasteiger partial charge is 0.389 e. The predicted octanol–water partition coefficient (Wildman–Crippen LogP) is 3.35. The van der Waals surface area contributed by atoms with Crippen LogP contribution in [0, 0.1) is 11.3 Å². The lowest BCUT2D eigenvalue weighted by molar-refractivity contribution is -0.132. The molecular formula is C17H26N2OS. The van der Waals surface area contributed by atoms with Crippen LogP contribution in [0.15, 0.2) is 24.3 Å². The Hall–Kier alpha value is -1.42. The number of thiocarbonyl (C=S) groups is 1. The monoisotopic (exact) mass is 306 g/mol. The Morgan fingerprint density at radius 3 is 2.52 bits per heavy atom. The molecule has 1 aromatic carbocycles. The van der Waals surface area contributed by atoms with Crippen molar-refractivity contribution in [2.45, 2.75) is 40.7 Å². The Balaban J connectivity index is 2.68. The highest BCUT2D eigenvalue weighted by Crippen LogP contribution is 2.28. The Morgan fingerprint density at radius 1 is 1.38 bits per heavy atom. The second-order valence-electron chi connectivity index (χ2n) is 6.79. The number of rotatable bonds is 5. The molecule has 0 aliphatic heterocycles. The van der Waals surface area contributed by atoms with Crippen LogP contribution in [0.4, 0.5) is 0 Å². The number of nitrogens with zero attached hydrogens (tertiary/aromatic N) is 1. The van der Waals surface area contributed by atoms with Crippen LogP contribution in [0.2, 0.25) is 0 Å². The van der Waals surface area contributed by atoms with E-state index in [-0.39, 0.29) is 11.3 Å². The van der Waals surface area contributed by atoms with Gasteiger partial charge >= 0.3 is 0 Å². The van der Waals surface area contributed by atoms with Crippen molar-refractivity contribution in [2.75, 3.05) is 7.05 Å². The van der Waals surface area contributed by atoms with Gasteiger partial charge in [0, 0.05) is 25.6 Å². The predicted molar refractivity (Wildman–Crippen MR) is 92.0 cm³/mol. The molecule has 0 spiro atoms. The standard InChI is InChI=1S/C17H26N2OS/c1-12(17(2,3)4)9-15(20)19(5)11-13-7-6-8-14(10-13)16(18)21/h6-8,10,12H,9,11H2,1-5H3,(H2,18,21). The maximum atomic E-state index is 12.3. The fraction of sp³-hybridized carbons (Fsp3) is 0.529. The minimum atomic E-state index is 0.141. The summed E-state index contributed by atoms with van der Waals surface area (Å²) in [7, 11) is 1.84. The van der Waals surface area contributed by atoms with Crippen LogP contribution < -0.4 is 5.73 Å². The number of hydrogen-bond acceptors (Lipinski definition) is 2. The van der Waals surface area contributed by atoms with Crippen molar-refractivity contribution in [2.24, 2.45) is 17.1 Å². The molecule has 21 heavy (non-hydrogen) atoms. The number of hydrogen-bond donors (Lipinski definition) is 1. The van der Waals surface area contributed by atoms with Gasteiger partial charge in [-0.3, -0.25) is 4.79 Å². The van der Waals surface area contributed by atoms with Gasteiger partial charge in [0.1, 0.15) is 4.99 Å². The van der Waals surface area contributed by atoms with Gasteiger partial charge in [-0.1, -0.05) is 58.1 Å². The molecule has 0 aliphatic carbocycles. The average Bonchev–Trinajstić information content (AvgIpc) is 2.37. The van der Waals surface area contributed by atoms with Crippen molar-refractivity contribution in [3.8, 4) is 0 Å². The molecule has 4 heteroatoms. The smallest absolute Gasteiger partial charge is 0.222 e. The Morgan fingerprint density at radius 2 is 2.00 bits per heavy atom. The van der Waals surface area contributed by atoms with E-state index >= 15 is 0 Å². The maximum Gasteiger partial charge on any atom is 0.222 e. The molecule has 0 saturated heterocycles. The Kier molecular flexibility index (Phi) is 5.90. The van der Waals surface area contributed by atoms with Crippen LogP contribution in [0.25, 0.3) is 0 Å². The zero-order valence-corrected chi connectivity index (χ0v) is 14.5. The van der Waals surface area contributed by atoms with Gasteiger partial charge in [-0.05, 0) is 23.0 Å². The van der Waals surface area contributed by atoms with Crippen LogP contribution in [0.5, 0.6) is 0 Å². The van der Waals surface area contributed by atoms with Crippen molar-refractivity contribution in [3.63, 3.8) is 0 Å². The van der Waals surface area contributed by atoms with Crippen LogP contribution in [0.1, 0.15) is 45.2 Å². The molecule has 116 valence electrons. The summed E-state index contributed by atoms with van der Waals surface area (Å²) in [6.45, 7) is 9.19. The van der Waals surface area contributed by atoms with E-state index < -0.39 is 0 Å². The fourth-order valence-electron chi connectivity index (χ4n) is 1.91. The molecule has 0 bridgehead atoms. The quantitative estimate of drug-likeness (QED) is 0.849. The highest BCUT2D eigenvalue weighted by molar-refractivity contribution is 7.80. The van der Waals surface area contributed by atoms with Gasteiger partial charge in [-0.25, -0.2) is 0 Å². The van der Waals surface area contributed by atoms with Crippen LogP contribution >= 0.6 is 12.2 Å². The van der Waals surface area contributed by atoms with Crippen LogP contribution in [0.3, 0.4) is 0 Å². The van der Waals surface area contributed by atoms with Gasteiger partial charge in [0.2, 0.25) is 5.91 Å². The summed E-state index contributed by atoms with van der Waals surface area (Å²) >= 11 is 4.98. The third kappa shape index (κ3) is 5.46. The molecule has 2 N–H and O–H groups in total. The van der Waals surface area contributed by atoms with Crippen molar-refractivity contribution in [1.29, 1.82) is 0 Å². The first-order valence-electron chi connectivity index (χ1n) is 7.24. The van der Waals surface area contributed by atoms with Gasteiger partial charge in [-0.15, -0.1) is 0 Å². The lowest BCUT2D eigenvalue weighted by Gasteiger charge is -2.28. The first-order valence-corrected chi connectivity index (χ1v) is 7.64. The molecule has 3 nitrogen and oxygen atoms in total. The van der Waals surface area contributed by atoms with Gasteiger partial charge in [0.25, 0.3) is 0 Å². The van der Waals surface area contributed by atoms with E-state index in [1.807, 2.05) is 31.3 Å².